The normalized spacial score (nSPS) is 13.7. The molecule has 0 saturated carbocycles. The Morgan fingerprint density at radius 3 is 2.34 bits per heavy atom. The highest BCUT2D eigenvalue weighted by molar-refractivity contribution is 6.37. The number of aromatic nitrogens is 3. The van der Waals surface area contributed by atoms with E-state index in [0.717, 1.165) is 42.7 Å². The van der Waals surface area contributed by atoms with Gasteiger partial charge < -0.3 is 20.6 Å². The molecule has 3 heterocycles. The van der Waals surface area contributed by atoms with Crippen molar-refractivity contribution in [2.24, 2.45) is 0 Å². The second-order valence-electron chi connectivity index (χ2n) is 8.26. The van der Waals surface area contributed by atoms with Gasteiger partial charge in [0.15, 0.2) is 11.5 Å². The van der Waals surface area contributed by atoms with E-state index in [-0.39, 0.29) is 21.6 Å². The van der Waals surface area contributed by atoms with E-state index in [9.17, 15) is 9.90 Å². The molecule has 0 bridgehead atoms. The Kier molecular flexibility index (Phi) is 6.42. The summed E-state index contributed by atoms with van der Waals surface area (Å²) in [6, 6.07) is 8.94. The largest absolute Gasteiger partial charge is 0.505 e. The average Bonchev–Trinajstić information content (AvgIpc) is 2.87. The zero-order valence-corrected chi connectivity index (χ0v) is 20.4. The molecule has 0 atom stereocenters. The number of aromatic hydroxyl groups is 1. The fourth-order valence-corrected chi connectivity index (χ4v) is 4.55. The molecule has 0 spiro atoms. The number of carbonyl (C=O) groups is 1. The lowest BCUT2D eigenvalue weighted by Crippen LogP contribution is -2.44. The van der Waals surface area contributed by atoms with Gasteiger partial charge in [-0.2, -0.15) is 0 Å². The summed E-state index contributed by atoms with van der Waals surface area (Å²) in [4.78, 5) is 28.1. The molecule has 1 fully saturated rings. The molecule has 10 heteroatoms. The number of pyridine rings is 1. The zero-order chi connectivity index (χ0) is 24.5. The Morgan fingerprint density at radius 2 is 1.69 bits per heavy atom. The second kappa shape index (κ2) is 9.65. The number of hydrogen-bond acceptors (Lipinski definition) is 8. The molecule has 4 aromatic rings. The lowest BCUT2D eigenvalue weighted by Gasteiger charge is -2.27. The molecule has 0 radical (unpaired) electrons. The fraction of sp³-hybridized carbons (Fsp3) is 0.200. The summed E-state index contributed by atoms with van der Waals surface area (Å²) in [6.45, 7) is 5.00. The molecule has 35 heavy (non-hydrogen) atoms. The van der Waals surface area contributed by atoms with Gasteiger partial charge >= 0.3 is 0 Å². The minimum Gasteiger partial charge on any atom is -0.505 e. The van der Waals surface area contributed by atoms with Crippen LogP contribution in [0.5, 0.6) is 5.75 Å². The van der Waals surface area contributed by atoms with Gasteiger partial charge in [0.1, 0.15) is 0 Å². The smallest absolute Gasteiger partial charge is 0.225 e. The van der Waals surface area contributed by atoms with Crippen LogP contribution in [0.4, 0.5) is 17.3 Å². The van der Waals surface area contributed by atoms with Crippen LogP contribution in [-0.4, -0.2) is 52.0 Å². The van der Waals surface area contributed by atoms with Gasteiger partial charge in [0.05, 0.1) is 44.9 Å². The number of halogens is 2. The van der Waals surface area contributed by atoms with Crippen molar-refractivity contribution in [1.29, 1.82) is 0 Å². The molecular formula is C25H22Cl2N6O2. The number of anilines is 3. The van der Waals surface area contributed by atoms with Gasteiger partial charge in [0, 0.05) is 37.8 Å². The Morgan fingerprint density at radius 1 is 1.00 bits per heavy atom. The Bertz CT molecular complexity index is 1400. The Balaban J connectivity index is 1.56. The number of ketones is 1. The highest BCUT2D eigenvalue weighted by Crippen LogP contribution is 2.38. The Labute approximate surface area is 211 Å². The summed E-state index contributed by atoms with van der Waals surface area (Å²) >= 11 is 12.3. The van der Waals surface area contributed by atoms with Crippen LogP contribution in [0.3, 0.4) is 0 Å². The van der Waals surface area contributed by atoms with E-state index < -0.39 is 0 Å². The molecule has 2 aromatic heterocycles. The summed E-state index contributed by atoms with van der Waals surface area (Å²) in [5.41, 5.74) is 3.94. The van der Waals surface area contributed by atoms with Crippen molar-refractivity contribution in [3.8, 4) is 16.9 Å². The maximum absolute atomic E-state index is 12.5. The molecule has 3 N–H and O–H groups in total. The number of piperazine rings is 1. The lowest BCUT2D eigenvalue weighted by atomic mass is 10.00. The number of fused-ring (bicyclic) bond motifs is 1. The third-order valence-electron chi connectivity index (χ3n) is 5.90. The van der Waals surface area contributed by atoms with Crippen LogP contribution in [0, 0.1) is 0 Å². The number of rotatable bonds is 5. The van der Waals surface area contributed by atoms with E-state index in [2.05, 4.69) is 30.5 Å². The van der Waals surface area contributed by atoms with E-state index in [4.69, 9.17) is 23.2 Å². The standard InChI is InChI=1S/C25H22Cl2N6O2/c1-14(34)19-13-29-22-3-2-15(16-9-20(26)24(35)21(27)10-16)8-18(22)23(19)32-17-11-30-25(31-12-17)33-6-4-28-5-7-33/h2-3,8-13,28,35H,4-7H2,1H3,(H,29,32). The number of phenols is 1. The van der Waals surface area contributed by atoms with E-state index in [1.807, 2.05) is 18.2 Å². The number of benzene rings is 2. The van der Waals surface area contributed by atoms with Gasteiger partial charge in [-0.15, -0.1) is 0 Å². The summed E-state index contributed by atoms with van der Waals surface area (Å²) in [7, 11) is 0. The molecule has 2 aromatic carbocycles. The van der Waals surface area contributed by atoms with E-state index in [1.54, 1.807) is 30.7 Å². The zero-order valence-electron chi connectivity index (χ0n) is 18.8. The number of hydrogen-bond donors (Lipinski definition) is 3. The second-order valence-corrected chi connectivity index (χ2v) is 9.07. The molecular weight excluding hydrogens is 487 g/mol. The van der Waals surface area contributed by atoms with Gasteiger partial charge in [0.2, 0.25) is 5.95 Å². The van der Waals surface area contributed by atoms with Gasteiger partial charge in [0.25, 0.3) is 0 Å². The third kappa shape index (κ3) is 4.73. The summed E-state index contributed by atoms with van der Waals surface area (Å²) in [5, 5.41) is 17.6. The van der Waals surface area contributed by atoms with Crippen molar-refractivity contribution in [3.05, 3.63) is 64.5 Å². The van der Waals surface area contributed by atoms with Crippen molar-refractivity contribution in [1.82, 2.24) is 20.3 Å². The summed E-state index contributed by atoms with van der Waals surface area (Å²) in [6.07, 6.45) is 4.99. The van der Waals surface area contributed by atoms with Crippen molar-refractivity contribution < 1.29 is 9.90 Å². The van der Waals surface area contributed by atoms with Gasteiger partial charge in [-0.1, -0.05) is 29.3 Å². The van der Waals surface area contributed by atoms with Crippen LogP contribution in [0.15, 0.2) is 48.9 Å². The highest BCUT2D eigenvalue weighted by atomic mass is 35.5. The first-order valence-electron chi connectivity index (χ1n) is 11.1. The predicted molar refractivity (Wildman–Crippen MR) is 139 cm³/mol. The van der Waals surface area contributed by atoms with Crippen LogP contribution >= 0.6 is 23.2 Å². The topological polar surface area (TPSA) is 103 Å². The number of phenolic OH excluding ortho intramolecular Hbond substituents is 1. The minimum absolute atomic E-state index is 0.124. The number of nitrogens with one attached hydrogen (secondary N) is 2. The summed E-state index contributed by atoms with van der Waals surface area (Å²) < 4.78 is 0. The molecule has 0 unspecified atom stereocenters. The first-order chi connectivity index (χ1) is 16.9. The highest BCUT2D eigenvalue weighted by Gasteiger charge is 2.17. The molecule has 0 aliphatic carbocycles. The van der Waals surface area contributed by atoms with Crippen LogP contribution in [0.2, 0.25) is 10.0 Å². The molecule has 0 amide bonds. The van der Waals surface area contributed by atoms with Gasteiger partial charge in [-0.25, -0.2) is 9.97 Å². The van der Waals surface area contributed by atoms with Gasteiger partial charge in [-0.3, -0.25) is 9.78 Å². The van der Waals surface area contributed by atoms with E-state index >= 15 is 0 Å². The molecule has 178 valence electrons. The first-order valence-corrected chi connectivity index (χ1v) is 11.8. The van der Waals surface area contributed by atoms with Gasteiger partial charge in [-0.05, 0) is 42.3 Å². The van der Waals surface area contributed by atoms with Crippen LogP contribution in [0.1, 0.15) is 17.3 Å². The molecule has 1 aliphatic heterocycles. The monoisotopic (exact) mass is 508 g/mol. The Hall–Kier alpha value is -3.46. The number of nitrogens with zero attached hydrogens (tertiary/aromatic N) is 4. The molecule has 1 saturated heterocycles. The van der Waals surface area contributed by atoms with E-state index in [1.165, 1.54) is 6.92 Å². The van der Waals surface area contributed by atoms with Crippen molar-refractivity contribution in [2.75, 3.05) is 36.4 Å². The maximum atomic E-state index is 12.5. The number of carbonyl (C=O) groups excluding carboxylic acids is 1. The lowest BCUT2D eigenvalue weighted by molar-refractivity contribution is 0.101. The third-order valence-corrected chi connectivity index (χ3v) is 6.48. The minimum atomic E-state index is -0.162. The van der Waals surface area contributed by atoms with E-state index in [0.29, 0.717) is 28.4 Å². The fourth-order valence-electron chi connectivity index (χ4n) is 4.06. The quantitative estimate of drug-likeness (QED) is 0.321. The average molecular weight is 509 g/mol. The van der Waals surface area contributed by atoms with Crippen LogP contribution in [-0.2, 0) is 0 Å². The van der Waals surface area contributed by atoms with Crippen molar-refractivity contribution in [3.63, 3.8) is 0 Å². The molecule has 1 aliphatic rings. The van der Waals surface area contributed by atoms with Crippen molar-refractivity contribution >= 4 is 57.2 Å². The summed E-state index contributed by atoms with van der Waals surface area (Å²) in [5.74, 6) is 0.387. The van der Waals surface area contributed by atoms with Crippen LogP contribution in [0.25, 0.3) is 22.0 Å². The predicted octanol–water partition coefficient (Wildman–Crippen LogP) is 5.06. The van der Waals surface area contributed by atoms with Crippen molar-refractivity contribution in [2.45, 2.75) is 6.92 Å². The van der Waals surface area contributed by atoms with Crippen LogP contribution < -0.4 is 15.5 Å². The molecule has 5 rings (SSSR count). The first kappa shape index (κ1) is 23.3. The SMILES string of the molecule is CC(=O)c1cnc2ccc(-c3cc(Cl)c(O)c(Cl)c3)cc2c1Nc1cnc(N2CCNCC2)nc1. The molecule has 8 nitrogen and oxygen atoms in total. The maximum Gasteiger partial charge on any atom is 0.225 e. The number of Topliss-reactive ketones (excluding diaryl/α,β-unsaturated/α-hetero) is 1.